The van der Waals surface area contributed by atoms with Crippen LogP contribution in [0.3, 0.4) is 0 Å². The molecule has 0 heterocycles. The number of hydrogen-bond acceptors (Lipinski definition) is 5. The molecule has 0 amide bonds. The average molecular weight is 1210 g/mol. The smallest absolute Gasteiger partial charge is 0.134 e. The molecular formula is C52H51Br5F3NO4. The lowest BCUT2D eigenvalue weighted by atomic mass is 9.88. The number of halogens is 8. The lowest BCUT2D eigenvalue weighted by Gasteiger charge is -2.25. The van der Waals surface area contributed by atoms with Crippen molar-refractivity contribution in [2.75, 3.05) is 44.1 Å². The summed E-state index contributed by atoms with van der Waals surface area (Å²) in [6.45, 7) is 12.1. The number of ether oxygens (including phenoxy) is 3. The van der Waals surface area contributed by atoms with E-state index in [1.807, 2.05) is 67.7 Å². The molecule has 0 saturated heterocycles. The molecule has 2 N–H and O–H groups in total. The van der Waals surface area contributed by atoms with E-state index in [-0.39, 0.29) is 17.2 Å². The summed E-state index contributed by atoms with van der Waals surface area (Å²) in [5.41, 5.74) is 3.54. The van der Waals surface area contributed by atoms with Gasteiger partial charge in [0.2, 0.25) is 0 Å². The van der Waals surface area contributed by atoms with Crippen molar-refractivity contribution in [1.82, 2.24) is 5.32 Å². The van der Waals surface area contributed by atoms with Crippen LogP contribution in [0.4, 0.5) is 13.2 Å². The molecule has 0 radical (unpaired) electrons. The first-order valence-corrected chi connectivity index (χ1v) is 25.2. The Hall–Kier alpha value is -3.69. The van der Waals surface area contributed by atoms with E-state index >= 15 is 0 Å². The van der Waals surface area contributed by atoms with Crippen LogP contribution in [0, 0.1) is 17.5 Å². The Bertz CT molecular complexity index is 2430. The maximum absolute atomic E-state index is 14.4. The number of rotatable bonds is 19. The third kappa shape index (κ3) is 17.2. The van der Waals surface area contributed by atoms with Gasteiger partial charge in [0.1, 0.15) is 40.3 Å². The Balaban J connectivity index is 0.000000213. The lowest BCUT2D eigenvalue weighted by Crippen LogP contribution is -2.24. The fourth-order valence-corrected chi connectivity index (χ4v) is 7.36. The van der Waals surface area contributed by atoms with Crippen molar-refractivity contribution in [2.24, 2.45) is 0 Å². The molecule has 344 valence electrons. The van der Waals surface area contributed by atoms with E-state index in [2.05, 4.69) is 98.1 Å². The highest BCUT2D eigenvalue weighted by molar-refractivity contribution is 9.11. The van der Waals surface area contributed by atoms with E-state index in [1.165, 1.54) is 18.2 Å². The first kappa shape index (κ1) is 53.9. The van der Waals surface area contributed by atoms with E-state index in [1.54, 1.807) is 55.5 Å². The van der Waals surface area contributed by atoms with Gasteiger partial charge in [0.25, 0.3) is 0 Å². The van der Waals surface area contributed by atoms with Crippen LogP contribution in [-0.4, -0.2) is 49.2 Å². The minimum Gasteiger partial charge on any atom is -0.493 e. The Kier molecular flexibility index (Phi) is 23.1. The van der Waals surface area contributed by atoms with Gasteiger partial charge >= 0.3 is 0 Å². The molecule has 5 nitrogen and oxygen atoms in total. The summed E-state index contributed by atoms with van der Waals surface area (Å²) in [5, 5.41) is 15.5. The monoisotopic (exact) mass is 1200 g/mol. The lowest BCUT2D eigenvalue weighted by molar-refractivity contribution is 0.0978. The highest BCUT2D eigenvalue weighted by atomic mass is 79.9. The molecule has 0 aliphatic rings. The van der Waals surface area contributed by atoms with E-state index in [9.17, 15) is 18.3 Å². The molecule has 0 aliphatic carbocycles. The zero-order valence-corrected chi connectivity index (χ0v) is 44.0. The molecule has 1 unspecified atom stereocenters. The zero-order valence-electron chi connectivity index (χ0n) is 36.1. The van der Waals surface area contributed by atoms with Crippen LogP contribution in [-0.2, 0) is 5.60 Å². The summed E-state index contributed by atoms with van der Waals surface area (Å²) in [7, 11) is 1.89. The van der Waals surface area contributed by atoms with Gasteiger partial charge in [-0.3, -0.25) is 0 Å². The third-order valence-electron chi connectivity index (χ3n) is 9.72. The molecule has 13 heteroatoms. The Morgan fingerprint density at radius 1 is 0.554 bits per heavy atom. The van der Waals surface area contributed by atoms with Crippen molar-refractivity contribution in [3.8, 4) is 17.2 Å². The first-order valence-electron chi connectivity index (χ1n) is 20.6. The summed E-state index contributed by atoms with van der Waals surface area (Å²) in [6.07, 6.45) is 2.61. The van der Waals surface area contributed by atoms with Gasteiger partial charge in [0.05, 0.1) is 19.8 Å². The molecule has 0 fully saturated rings. The van der Waals surface area contributed by atoms with Crippen LogP contribution < -0.4 is 19.5 Å². The van der Waals surface area contributed by atoms with Crippen molar-refractivity contribution in [1.29, 1.82) is 0 Å². The maximum atomic E-state index is 14.4. The van der Waals surface area contributed by atoms with Crippen LogP contribution in [0.1, 0.15) is 59.6 Å². The summed E-state index contributed by atoms with van der Waals surface area (Å²) in [6, 6.07) is 36.8. The van der Waals surface area contributed by atoms with E-state index in [4.69, 9.17) is 14.2 Å². The molecular weight excluding hydrogens is 1160 g/mol. The van der Waals surface area contributed by atoms with Gasteiger partial charge in [-0.05, 0) is 140 Å². The highest BCUT2D eigenvalue weighted by Crippen LogP contribution is 2.34. The largest absolute Gasteiger partial charge is 0.493 e. The van der Waals surface area contributed by atoms with Gasteiger partial charge in [-0.15, -0.1) is 0 Å². The van der Waals surface area contributed by atoms with Crippen molar-refractivity contribution in [3.05, 3.63) is 205 Å². The Labute approximate surface area is 423 Å². The van der Waals surface area contributed by atoms with Crippen molar-refractivity contribution in [3.63, 3.8) is 0 Å². The number of nitrogens with one attached hydrogen (secondary N) is 1. The minimum atomic E-state index is -1.40. The average Bonchev–Trinajstić information content (AvgIpc) is 3.29. The van der Waals surface area contributed by atoms with E-state index in [0.717, 1.165) is 61.0 Å². The maximum Gasteiger partial charge on any atom is 0.134 e. The van der Waals surface area contributed by atoms with E-state index in [0.29, 0.717) is 64.9 Å². The summed E-state index contributed by atoms with van der Waals surface area (Å²) >= 11 is 16.8. The van der Waals surface area contributed by atoms with Crippen LogP contribution >= 0.6 is 79.6 Å². The predicted molar refractivity (Wildman–Crippen MR) is 278 cm³/mol. The fourth-order valence-electron chi connectivity index (χ4n) is 6.11. The van der Waals surface area contributed by atoms with Gasteiger partial charge in [-0.2, -0.15) is 0 Å². The SMILES string of the molecule is C=C(c1ccc(Br)cc1)c1ccc(OCCCBr)cc1F.C=C(c1ccc(Br)cc1)c1ccc(OCCCNC)cc1F.CC(O)(c1ccc(Br)cc1)c1ccc(OCCCBr)cc1F. The van der Waals surface area contributed by atoms with Crippen LogP contribution in [0.25, 0.3) is 11.1 Å². The number of alkyl halides is 2. The molecule has 6 aromatic carbocycles. The van der Waals surface area contributed by atoms with Crippen LogP contribution in [0.15, 0.2) is 154 Å². The van der Waals surface area contributed by atoms with Crippen molar-refractivity contribution < 1.29 is 32.5 Å². The zero-order chi connectivity index (χ0) is 47.4. The van der Waals surface area contributed by atoms with E-state index < -0.39 is 11.4 Å². The molecule has 6 aromatic rings. The minimum absolute atomic E-state index is 0.225. The molecule has 0 spiro atoms. The van der Waals surface area contributed by atoms with Gasteiger partial charge in [-0.1, -0.05) is 129 Å². The second-order valence-electron chi connectivity index (χ2n) is 14.6. The highest BCUT2D eigenvalue weighted by Gasteiger charge is 2.29. The molecule has 1 atom stereocenters. The van der Waals surface area contributed by atoms with Crippen molar-refractivity contribution in [2.45, 2.75) is 31.8 Å². The molecule has 0 aromatic heterocycles. The number of benzene rings is 6. The molecule has 0 bridgehead atoms. The van der Waals surface area contributed by atoms with Gasteiger partial charge in [0, 0.05) is 59.0 Å². The molecule has 0 saturated carbocycles. The van der Waals surface area contributed by atoms with Gasteiger partial charge < -0.3 is 24.6 Å². The van der Waals surface area contributed by atoms with Crippen LogP contribution in [0.2, 0.25) is 0 Å². The summed E-state index contributed by atoms with van der Waals surface area (Å²) in [5.74, 6) is 0.429. The number of hydrogen-bond donors (Lipinski definition) is 2. The third-order valence-corrected chi connectivity index (χ3v) is 12.4. The normalized spacial score (nSPS) is 11.6. The number of aliphatic hydroxyl groups is 1. The van der Waals surface area contributed by atoms with Gasteiger partial charge in [-0.25, -0.2) is 13.2 Å². The quantitative estimate of drug-likeness (QED) is 0.0625. The van der Waals surface area contributed by atoms with Gasteiger partial charge in [0.15, 0.2) is 0 Å². The Morgan fingerprint density at radius 2 is 0.923 bits per heavy atom. The second kappa shape index (κ2) is 27.8. The van der Waals surface area contributed by atoms with Crippen molar-refractivity contribution >= 4 is 90.8 Å². The molecule has 65 heavy (non-hydrogen) atoms. The fraction of sp³-hybridized carbons (Fsp3) is 0.231. The standard InChI is InChI=1S/C18H19BrFNO.C17H17Br2FO2.C17H15Br2FO/c1-13(14-4-6-15(19)7-5-14)17-9-8-16(12-18(17)20)22-11-3-10-21-2;1-17(21,12-3-5-13(19)6-4-12)15-8-7-14(11-16(15)20)22-10-2-9-18;1-12(13-3-5-14(19)6-4-13)16-8-7-15(11-17(16)20)21-10-2-9-18/h4-9,12,21H,1,3,10-11H2,2H3;3-8,11,21H,2,9-10H2,1H3;3-8,11H,1-2,9-10H2. The second-order valence-corrected chi connectivity index (χ2v) is 18.9. The first-order chi connectivity index (χ1) is 31.2. The molecule has 6 rings (SSSR count). The molecule has 0 aliphatic heterocycles. The summed E-state index contributed by atoms with van der Waals surface area (Å²) in [4.78, 5) is 0. The predicted octanol–water partition coefficient (Wildman–Crippen LogP) is 15.5. The van der Waals surface area contributed by atoms with Crippen LogP contribution in [0.5, 0.6) is 17.2 Å². The Morgan fingerprint density at radius 3 is 1.29 bits per heavy atom. The summed E-state index contributed by atoms with van der Waals surface area (Å²) < 4.78 is 62.2. The topological polar surface area (TPSA) is 60.0 Å².